The molecule has 0 aliphatic rings. The quantitative estimate of drug-likeness (QED) is 0.459. The summed E-state index contributed by atoms with van der Waals surface area (Å²) in [5.74, 6) is 0. The Morgan fingerprint density at radius 3 is 1.59 bits per heavy atom. The van der Waals surface area contributed by atoms with Crippen molar-refractivity contribution in [1.29, 1.82) is 0 Å². The topological polar surface area (TPSA) is 65.7 Å². The molecule has 6 heteroatoms. The smallest absolute Gasteiger partial charge is 0.372 e. The third-order valence-electron chi connectivity index (χ3n) is 2.60. The summed E-state index contributed by atoms with van der Waals surface area (Å²) in [6, 6.07) is 0. The zero-order valence-corrected chi connectivity index (χ0v) is 12.8. The molecule has 0 radical (unpaired) electrons. The molecule has 1 atom stereocenters. The standard InChI is InChI=1S/C11H28N2O3Si/c1-6-11(12,13-7-2)17(14-8-3,15-9-4)16-10-5/h13H,6-10,12H2,1-5H3. The van der Waals surface area contributed by atoms with E-state index in [0.29, 0.717) is 26.2 Å². The minimum Gasteiger partial charge on any atom is -0.372 e. The van der Waals surface area contributed by atoms with E-state index in [-0.39, 0.29) is 0 Å². The SMILES string of the molecule is CCNC(N)(CC)[Si](OCC)(OCC)OCC. The predicted molar refractivity (Wildman–Crippen MR) is 71.5 cm³/mol. The summed E-state index contributed by atoms with van der Waals surface area (Å²) in [5.41, 5.74) is 6.42. The molecule has 0 aromatic carbocycles. The van der Waals surface area contributed by atoms with Gasteiger partial charge in [0.2, 0.25) is 0 Å². The summed E-state index contributed by atoms with van der Waals surface area (Å²) in [6.07, 6.45) is 0.701. The number of hydrogen-bond acceptors (Lipinski definition) is 5. The van der Waals surface area contributed by atoms with E-state index in [1.165, 1.54) is 0 Å². The third-order valence-corrected chi connectivity index (χ3v) is 6.23. The van der Waals surface area contributed by atoms with Gasteiger partial charge >= 0.3 is 8.80 Å². The zero-order chi connectivity index (χ0) is 13.4. The molecular weight excluding hydrogens is 236 g/mol. The summed E-state index contributed by atoms with van der Waals surface area (Å²) < 4.78 is 17.5. The summed E-state index contributed by atoms with van der Waals surface area (Å²) in [6.45, 7) is 12.2. The fourth-order valence-corrected chi connectivity index (χ4v) is 4.84. The molecule has 0 aromatic rings. The van der Waals surface area contributed by atoms with Gasteiger partial charge in [-0.1, -0.05) is 13.8 Å². The molecule has 0 aliphatic carbocycles. The lowest BCUT2D eigenvalue weighted by atomic mass is 10.4. The minimum atomic E-state index is -2.90. The average Bonchev–Trinajstić information content (AvgIpc) is 2.30. The van der Waals surface area contributed by atoms with Crippen molar-refractivity contribution < 1.29 is 13.3 Å². The summed E-state index contributed by atoms with van der Waals surface area (Å²) >= 11 is 0. The van der Waals surface area contributed by atoms with Crippen LogP contribution in [0.2, 0.25) is 0 Å². The summed E-state index contributed by atoms with van der Waals surface area (Å²) in [5, 5.41) is 2.55. The lowest BCUT2D eigenvalue weighted by Gasteiger charge is -2.42. The molecule has 17 heavy (non-hydrogen) atoms. The maximum absolute atomic E-state index is 6.42. The maximum atomic E-state index is 6.42. The predicted octanol–water partition coefficient (Wildman–Crippen LogP) is 1.25. The van der Waals surface area contributed by atoms with Gasteiger partial charge in [-0.25, -0.2) is 0 Å². The Labute approximate surface area is 106 Å². The van der Waals surface area contributed by atoms with E-state index in [0.717, 1.165) is 6.54 Å². The van der Waals surface area contributed by atoms with Crippen molar-refractivity contribution in [2.24, 2.45) is 5.73 Å². The first-order valence-electron chi connectivity index (χ1n) is 6.51. The minimum absolute atomic E-state index is 0.538. The van der Waals surface area contributed by atoms with Gasteiger partial charge in [-0.3, -0.25) is 5.32 Å². The highest BCUT2D eigenvalue weighted by atomic mass is 28.4. The highest BCUT2D eigenvalue weighted by Crippen LogP contribution is 2.23. The van der Waals surface area contributed by atoms with Crippen molar-refractivity contribution in [3.63, 3.8) is 0 Å². The van der Waals surface area contributed by atoms with E-state index in [4.69, 9.17) is 19.0 Å². The summed E-state index contributed by atoms with van der Waals surface area (Å²) in [7, 11) is -2.90. The van der Waals surface area contributed by atoms with Crippen molar-refractivity contribution in [3.8, 4) is 0 Å². The molecule has 104 valence electrons. The number of nitrogens with one attached hydrogen (secondary N) is 1. The Morgan fingerprint density at radius 1 is 0.941 bits per heavy atom. The van der Waals surface area contributed by atoms with E-state index in [1.54, 1.807) is 0 Å². The Morgan fingerprint density at radius 2 is 1.35 bits per heavy atom. The van der Waals surface area contributed by atoms with Gasteiger partial charge in [0.05, 0.1) is 0 Å². The van der Waals surface area contributed by atoms with Crippen LogP contribution in [0, 0.1) is 0 Å². The van der Waals surface area contributed by atoms with Gasteiger partial charge < -0.3 is 19.0 Å². The molecule has 1 unspecified atom stereocenters. The third kappa shape index (κ3) is 4.01. The van der Waals surface area contributed by atoms with E-state index in [2.05, 4.69) is 5.32 Å². The Balaban J connectivity index is 5.17. The van der Waals surface area contributed by atoms with Crippen LogP contribution in [0.25, 0.3) is 0 Å². The van der Waals surface area contributed by atoms with E-state index < -0.39 is 14.1 Å². The Bertz CT molecular complexity index is 190. The van der Waals surface area contributed by atoms with Gasteiger partial charge in [0.15, 0.2) is 0 Å². The molecule has 0 spiro atoms. The van der Waals surface area contributed by atoms with Gasteiger partial charge in [0.25, 0.3) is 0 Å². The van der Waals surface area contributed by atoms with Crippen molar-refractivity contribution in [1.82, 2.24) is 5.32 Å². The van der Waals surface area contributed by atoms with Crippen LogP contribution in [0.15, 0.2) is 0 Å². The molecule has 0 fully saturated rings. The highest BCUT2D eigenvalue weighted by molar-refractivity contribution is 6.64. The highest BCUT2D eigenvalue weighted by Gasteiger charge is 2.58. The van der Waals surface area contributed by atoms with E-state index in [9.17, 15) is 0 Å². The molecule has 5 nitrogen and oxygen atoms in total. The van der Waals surface area contributed by atoms with Gasteiger partial charge in [0, 0.05) is 19.8 Å². The Hall–Kier alpha value is 0.0169. The van der Waals surface area contributed by atoms with Crippen molar-refractivity contribution in [2.75, 3.05) is 26.4 Å². The normalized spacial score (nSPS) is 15.9. The first-order chi connectivity index (χ1) is 8.05. The molecule has 0 aromatic heterocycles. The molecule has 0 bridgehead atoms. The fourth-order valence-electron chi connectivity index (χ4n) is 1.85. The summed E-state index contributed by atoms with van der Waals surface area (Å²) in [4.78, 5) is 0. The number of rotatable bonds is 10. The molecule has 0 amide bonds. The van der Waals surface area contributed by atoms with Crippen LogP contribution in [-0.2, 0) is 13.3 Å². The van der Waals surface area contributed by atoms with Gasteiger partial charge in [-0.15, -0.1) is 0 Å². The largest absolute Gasteiger partial charge is 0.537 e. The second-order valence-electron chi connectivity index (χ2n) is 3.71. The monoisotopic (exact) mass is 264 g/mol. The van der Waals surface area contributed by atoms with Crippen LogP contribution < -0.4 is 11.1 Å². The van der Waals surface area contributed by atoms with E-state index >= 15 is 0 Å². The number of nitrogens with two attached hydrogens (primary N) is 1. The number of hydrogen-bond donors (Lipinski definition) is 2. The maximum Gasteiger partial charge on any atom is 0.537 e. The lowest BCUT2D eigenvalue weighted by Crippen LogP contribution is -2.76. The molecule has 0 saturated heterocycles. The molecule has 0 rings (SSSR count). The molecule has 0 saturated carbocycles. The molecular formula is C11H28N2O3Si. The molecule has 0 heterocycles. The van der Waals surface area contributed by atoms with Crippen molar-refractivity contribution >= 4 is 8.80 Å². The Kier molecular flexibility index (Phi) is 8.19. The van der Waals surface area contributed by atoms with Crippen molar-refractivity contribution in [2.45, 2.75) is 46.3 Å². The van der Waals surface area contributed by atoms with Gasteiger partial charge in [-0.2, -0.15) is 0 Å². The van der Waals surface area contributed by atoms with Crippen LogP contribution in [-0.4, -0.2) is 40.5 Å². The van der Waals surface area contributed by atoms with Crippen LogP contribution in [0.5, 0.6) is 0 Å². The second kappa shape index (κ2) is 8.18. The van der Waals surface area contributed by atoms with Crippen LogP contribution in [0.3, 0.4) is 0 Å². The van der Waals surface area contributed by atoms with E-state index in [1.807, 2.05) is 34.6 Å². The van der Waals surface area contributed by atoms with Crippen LogP contribution >= 0.6 is 0 Å². The molecule has 0 aliphatic heterocycles. The van der Waals surface area contributed by atoms with Gasteiger partial charge in [-0.05, 0) is 33.7 Å². The molecule has 3 N–H and O–H groups in total. The van der Waals surface area contributed by atoms with Gasteiger partial charge in [0.1, 0.15) is 5.29 Å². The zero-order valence-electron chi connectivity index (χ0n) is 11.8. The first kappa shape index (κ1) is 17.0. The lowest BCUT2D eigenvalue weighted by molar-refractivity contribution is 0.0373. The second-order valence-corrected chi connectivity index (χ2v) is 6.58. The van der Waals surface area contributed by atoms with Crippen LogP contribution in [0.4, 0.5) is 0 Å². The first-order valence-corrected chi connectivity index (χ1v) is 8.23. The van der Waals surface area contributed by atoms with Crippen molar-refractivity contribution in [3.05, 3.63) is 0 Å². The van der Waals surface area contributed by atoms with Crippen LogP contribution in [0.1, 0.15) is 41.0 Å². The average molecular weight is 264 g/mol. The fraction of sp³-hybridized carbons (Fsp3) is 1.00.